The van der Waals surface area contributed by atoms with Crippen LogP contribution in [0.15, 0.2) is 12.4 Å². The van der Waals surface area contributed by atoms with Gasteiger partial charge in [-0.1, -0.05) is 0 Å². The highest BCUT2D eigenvalue weighted by atomic mass is 16.4. The van der Waals surface area contributed by atoms with Gasteiger partial charge in [0.25, 0.3) is 0 Å². The van der Waals surface area contributed by atoms with Crippen molar-refractivity contribution in [3.63, 3.8) is 0 Å². The predicted octanol–water partition coefficient (Wildman–Crippen LogP) is 0.662. The molecule has 2 aliphatic rings. The number of rotatable bonds is 3. The number of aromatic nitrogens is 2. The summed E-state index contributed by atoms with van der Waals surface area (Å²) in [6.45, 7) is 3.26. The van der Waals surface area contributed by atoms with E-state index >= 15 is 0 Å². The number of imidazole rings is 1. The average Bonchev–Trinajstić information content (AvgIpc) is 3.16. The zero-order chi connectivity index (χ0) is 14.3. The SMILES string of the molecule is CC(NC(=O)N1CCn2ccnc2C1)(C(=O)O)C1CC1. The molecule has 1 aromatic heterocycles. The molecule has 20 heavy (non-hydrogen) atoms. The van der Waals surface area contributed by atoms with Crippen LogP contribution in [0.5, 0.6) is 0 Å². The number of urea groups is 1. The van der Waals surface area contributed by atoms with E-state index in [1.807, 2.05) is 10.8 Å². The molecule has 1 saturated carbocycles. The summed E-state index contributed by atoms with van der Waals surface area (Å²) in [6.07, 6.45) is 5.30. The molecule has 1 unspecified atom stereocenters. The van der Waals surface area contributed by atoms with Crippen LogP contribution in [0.1, 0.15) is 25.6 Å². The maximum atomic E-state index is 12.3. The summed E-state index contributed by atoms with van der Waals surface area (Å²) in [6, 6.07) is -0.323. The Morgan fingerprint density at radius 1 is 1.45 bits per heavy atom. The zero-order valence-corrected chi connectivity index (χ0v) is 11.4. The van der Waals surface area contributed by atoms with Gasteiger partial charge >= 0.3 is 12.0 Å². The van der Waals surface area contributed by atoms with Crippen LogP contribution in [0.2, 0.25) is 0 Å². The van der Waals surface area contributed by atoms with Crippen LogP contribution in [0.4, 0.5) is 4.79 Å². The quantitative estimate of drug-likeness (QED) is 0.850. The van der Waals surface area contributed by atoms with Crippen molar-refractivity contribution in [2.24, 2.45) is 5.92 Å². The number of hydrogen-bond acceptors (Lipinski definition) is 3. The minimum Gasteiger partial charge on any atom is -0.480 e. The minimum atomic E-state index is -1.16. The maximum absolute atomic E-state index is 12.3. The molecule has 3 rings (SSSR count). The van der Waals surface area contributed by atoms with E-state index in [2.05, 4.69) is 10.3 Å². The fourth-order valence-electron chi connectivity index (χ4n) is 2.64. The van der Waals surface area contributed by atoms with Crippen molar-refractivity contribution in [1.82, 2.24) is 19.8 Å². The molecule has 108 valence electrons. The molecule has 0 bridgehead atoms. The summed E-state index contributed by atoms with van der Waals surface area (Å²) >= 11 is 0. The highest BCUT2D eigenvalue weighted by Gasteiger charge is 2.49. The van der Waals surface area contributed by atoms with Gasteiger partial charge in [0.1, 0.15) is 11.4 Å². The van der Waals surface area contributed by atoms with E-state index < -0.39 is 11.5 Å². The molecule has 0 spiro atoms. The largest absolute Gasteiger partial charge is 0.480 e. The Bertz CT molecular complexity index is 552. The summed E-state index contributed by atoms with van der Waals surface area (Å²) in [5.41, 5.74) is -1.16. The fourth-order valence-corrected chi connectivity index (χ4v) is 2.64. The van der Waals surface area contributed by atoms with Gasteiger partial charge in [0.15, 0.2) is 0 Å². The number of nitrogens with zero attached hydrogens (tertiary/aromatic N) is 3. The molecule has 2 N–H and O–H groups in total. The standard InChI is InChI=1S/C13H18N4O3/c1-13(11(18)19,9-2-3-9)15-12(20)17-7-6-16-5-4-14-10(16)8-17/h4-5,9H,2-3,6-8H2,1H3,(H,15,20)(H,18,19). The lowest BCUT2D eigenvalue weighted by atomic mass is 9.96. The van der Waals surface area contributed by atoms with Gasteiger partial charge < -0.3 is 19.9 Å². The van der Waals surface area contributed by atoms with Crippen LogP contribution in [-0.4, -0.2) is 43.6 Å². The van der Waals surface area contributed by atoms with Crippen molar-refractivity contribution < 1.29 is 14.7 Å². The Balaban J connectivity index is 1.69. The number of carbonyl (C=O) groups excluding carboxylic acids is 1. The highest BCUT2D eigenvalue weighted by molar-refractivity contribution is 5.86. The highest BCUT2D eigenvalue weighted by Crippen LogP contribution is 2.39. The number of fused-ring (bicyclic) bond motifs is 1. The first-order valence-corrected chi connectivity index (χ1v) is 6.81. The molecular weight excluding hydrogens is 260 g/mol. The average molecular weight is 278 g/mol. The van der Waals surface area contributed by atoms with Crippen LogP contribution in [0.3, 0.4) is 0 Å². The fraction of sp³-hybridized carbons (Fsp3) is 0.615. The van der Waals surface area contributed by atoms with Crippen molar-refractivity contribution in [1.29, 1.82) is 0 Å². The van der Waals surface area contributed by atoms with Gasteiger partial charge in [-0.25, -0.2) is 14.6 Å². The number of nitrogens with one attached hydrogen (secondary N) is 1. The maximum Gasteiger partial charge on any atom is 0.329 e. The van der Waals surface area contributed by atoms with E-state index in [1.54, 1.807) is 18.0 Å². The normalized spacial score (nSPS) is 20.9. The van der Waals surface area contributed by atoms with E-state index in [0.717, 1.165) is 18.7 Å². The molecule has 7 nitrogen and oxygen atoms in total. The van der Waals surface area contributed by atoms with Gasteiger partial charge in [0, 0.05) is 25.5 Å². The van der Waals surface area contributed by atoms with Crippen molar-refractivity contribution in [3.05, 3.63) is 18.2 Å². The van der Waals surface area contributed by atoms with Gasteiger partial charge in [-0.05, 0) is 25.7 Å². The molecule has 7 heteroatoms. The van der Waals surface area contributed by atoms with Gasteiger partial charge in [-0.15, -0.1) is 0 Å². The molecule has 0 radical (unpaired) electrons. The Kier molecular flexibility index (Phi) is 2.92. The van der Waals surface area contributed by atoms with Crippen LogP contribution >= 0.6 is 0 Å². The predicted molar refractivity (Wildman–Crippen MR) is 69.9 cm³/mol. The molecule has 0 saturated heterocycles. The number of aliphatic carboxylic acids is 1. The number of carboxylic acid groups (broad SMARTS) is 1. The number of amides is 2. The molecule has 1 aliphatic heterocycles. The third-order valence-corrected chi connectivity index (χ3v) is 4.24. The molecule has 2 heterocycles. The van der Waals surface area contributed by atoms with Gasteiger partial charge in [0.2, 0.25) is 0 Å². The summed E-state index contributed by atoms with van der Waals surface area (Å²) in [7, 11) is 0. The molecule has 0 aromatic carbocycles. The van der Waals surface area contributed by atoms with Crippen molar-refractivity contribution in [2.45, 2.75) is 38.4 Å². The summed E-state index contributed by atoms with van der Waals surface area (Å²) in [5, 5.41) is 12.1. The Morgan fingerprint density at radius 2 is 2.20 bits per heavy atom. The van der Waals surface area contributed by atoms with Crippen molar-refractivity contribution >= 4 is 12.0 Å². The summed E-state index contributed by atoms with van der Waals surface area (Å²) in [4.78, 5) is 29.5. The lowest BCUT2D eigenvalue weighted by molar-refractivity contribution is -0.144. The molecule has 1 atom stereocenters. The lowest BCUT2D eigenvalue weighted by Gasteiger charge is -2.33. The smallest absolute Gasteiger partial charge is 0.329 e. The third kappa shape index (κ3) is 2.13. The Morgan fingerprint density at radius 3 is 2.85 bits per heavy atom. The molecule has 1 aromatic rings. The van der Waals surface area contributed by atoms with E-state index in [4.69, 9.17) is 0 Å². The van der Waals surface area contributed by atoms with E-state index in [-0.39, 0.29) is 11.9 Å². The van der Waals surface area contributed by atoms with E-state index in [1.165, 1.54) is 0 Å². The Hall–Kier alpha value is -2.05. The van der Waals surface area contributed by atoms with Gasteiger partial charge in [-0.3, -0.25) is 0 Å². The first kappa shape index (κ1) is 13.0. The first-order valence-electron chi connectivity index (χ1n) is 6.81. The number of hydrogen-bond donors (Lipinski definition) is 2. The topological polar surface area (TPSA) is 87.5 Å². The van der Waals surface area contributed by atoms with Crippen LogP contribution < -0.4 is 5.32 Å². The first-order chi connectivity index (χ1) is 9.50. The summed E-state index contributed by atoms with van der Waals surface area (Å²) < 4.78 is 2.00. The third-order valence-electron chi connectivity index (χ3n) is 4.24. The van der Waals surface area contributed by atoms with Crippen LogP contribution in [-0.2, 0) is 17.9 Å². The molecule has 1 aliphatic carbocycles. The summed E-state index contributed by atoms with van der Waals surface area (Å²) in [5.74, 6) is -0.0996. The molecular formula is C13H18N4O3. The second-order valence-corrected chi connectivity index (χ2v) is 5.67. The van der Waals surface area contributed by atoms with Crippen molar-refractivity contribution in [2.75, 3.05) is 6.54 Å². The zero-order valence-electron chi connectivity index (χ0n) is 11.4. The van der Waals surface area contributed by atoms with Crippen molar-refractivity contribution in [3.8, 4) is 0 Å². The Labute approximate surface area is 116 Å². The second kappa shape index (κ2) is 4.50. The monoisotopic (exact) mass is 278 g/mol. The minimum absolute atomic E-state index is 0.0377. The number of carboxylic acids is 1. The van der Waals surface area contributed by atoms with Gasteiger partial charge in [-0.2, -0.15) is 0 Å². The van der Waals surface area contributed by atoms with Gasteiger partial charge in [0.05, 0.1) is 6.54 Å². The van der Waals surface area contributed by atoms with E-state index in [0.29, 0.717) is 19.6 Å². The van der Waals surface area contributed by atoms with Crippen LogP contribution in [0.25, 0.3) is 0 Å². The molecule has 1 fully saturated rings. The second-order valence-electron chi connectivity index (χ2n) is 5.67. The lowest BCUT2D eigenvalue weighted by Crippen LogP contribution is -2.58. The number of carbonyl (C=O) groups is 2. The molecule has 2 amide bonds. The van der Waals surface area contributed by atoms with Crippen LogP contribution in [0, 0.1) is 5.92 Å². The van der Waals surface area contributed by atoms with E-state index in [9.17, 15) is 14.7 Å².